The summed E-state index contributed by atoms with van der Waals surface area (Å²) < 4.78 is 38.7. The molecule has 0 saturated heterocycles. The predicted molar refractivity (Wildman–Crippen MR) is 156 cm³/mol. The quantitative estimate of drug-likeness (QED) is 0.276. The molecular weight excluding hydrogens is 575 g/mol. The summed E-state index contributed by atoms with van der Waals surface area (Å²) in [7, 11) is -2.87. The Kier molecular flexibility index (Phi) is 9.60. The molecule has 4 rings (SSSR count). The average Bonchev–Trinajstić information content (AvgIpc) is 3.38. The van der Waals surface area contributed by atoms with Crippen LogP contribution in [0.3, 0.4) is 0 Å². The van der Waals surface area contributed by atoms with Crippen molar-refractivity contribution in [1.29, 1.82) is 0 Å². The molecule has 0 aliphatic heterocycles. The minimum atomic E-state index is -4.14. The molecule has 1 atom stereocenters. The van der Waals surface area contributed by atoms with Gasteiger partial charge in [0.1, 0.15) is 16.5 Å². The van der Waals surface area contributed by atoms with Gasteiger partial charge in [-0.15, -0.1) is 11.3 Å². The van der Waals surface area contributed by atoms with Gasteiger partial charge in [-0.3, -0.25) is 9.59 Å². The Labute approximate surface area is 240 Å². The second kappa shape index (κ2) is 12.8. The van der Waals surface area contributed by atoms with E-state index >= 15 is 0 Å². The van der Waals surface area contributed by atoms with Crippen LogP contribution in [0.4, 0.5) is 5.00 Å². The van der Waals surface area contributed by atoms with Crippen molar-refractivity contribution in [2.75, 3.05) is 37.1 Å². The van der Waals surface area contributed by atoms with Crippen molar-refractivity contribution in [1.82, 2.24) is 4.57 Å². The van der Waals surface area contributed by atoms with Crippen molar-refractivity contribution < 1.29 is 32.3 Å². The summed E-state index contributed by atoms with van der Waals surface area (Å²) in [5.74, 6) is -3.65. The molecule has 1 N–H and O–H groups in total. The highest BCUT2D eigenvalue weighted by molar-refractivity contribution is 7.92. The number of methoxy groups -OCH3 is 1. The average molecular weight is 608 g/mol. The number of benzene rings is 1. The van der Waals surface area contributed by atoms with E-state index in [9.17, 15) is 22.8 Å². The van der Waals surface area contributed by atoms with Crippen molar-refractivity contribution in [2.45, 2.75) is 46.6 Å². The Morgan fingerprint density at radius 3 is 2.70 bits per heavy atom. The zero-order valence-corrected chi connectivity index (χ0v) is 25.4. The number of hydrogen-bond acceptors (Lipinski definition) is 9. The minimum absolute atomic E-state index is 0.276. The Balaban J connectivity index is 1.51. The van der Waals surface area contributed by atoms with Crippen molar-refractivity contribution in [3.05, 3.63) is 44.6 Å². The van der Waals surface area contributed by atoms with Gasteiger partial charge in [0.2, 0.25) is 5.91 Å². The molecule has 13 heteroatoms. The van der Waals surface area contributed by atoms with Crippen LogP contribution in [0, 0.1) is 12.8 Å². The van der Waals surface area contributed by atoms with E-state index in [0.717, 1.165) is 39.1 Å². The molecule has 2 aromatic heterocycles. The highest BCUT2D eigenvalue weighted by Gasteiger charge is 2.30. The van der Waals surface area contributed by atoms with E-state index in [4.69, 9.17) is 9.47 Å². The molecule has 3 aromatic rings. The normalized spacial score (nSPS) is 15.7. The number of hydrogen-bond donors (Lipinski definition) is 1. The summed E-state index contributed by atoms with van der Waals surface area (Å²) >= 11 is 2.56. The largest absolute Gasteiger partial charge is 0.465 e. The van der Waals surface area contributed by atoms with E-state index in [1.54, 1.807) is 0 Å². The second-order valence-corrected chi connectivity index (χ2v) is 14.0. The van der Waals surface area contributed by atoms with Crippen LogP contribution in [-0.4, -0.2) is 62.6 Å². The van der Waals surface area contributed by atoms with E-state index in [1.165, 1.54) is 29.8 Å². The number of aromatic nitrogens is 1. The van der Waals surface area contributed by atoms with Gasteiger partial charge in [-0.1, -0.05) is 24.3 Å². The smallest absolute Gasteiger partial charge is 0.341 e. The third-order valence-electron chi connectivity index (χ3n) is 6.57. The van der Waals surface area contributed by atoms with Gasteiger partial charge in [0.05, 0.1) is 29.5 Å². The lowest BCUT2D eigenvalue weighted by Gasteiger charge is -2.18. The number of thiophene rings is 1. The molecule has 0 bridgehead atoms. The zero-order chi connectivity index (χ0) is 29.0. The molecule has 0 spiro atoms. The van der Waals surface area contributed by atoms with Crippen LogP contribution in [0.1, 0.15) is 46.6 Å². The number of amides is 2. The number of sulfone groups is 1. The fourth-order valence-electron chi connectivity index (χ4n) is 4.68. The van der Waals surface area contributed by atoms with Crippen LogP contribution in [0.2, 0.25) is 0 Å². The van der Waals surface area contributed by atoms with Gasteiger partial charge < -0.3 is 19.4 Å². The molecule has 216 valence electrons. The molecule has 1 unspecified atom stereocenters. The first-order valence-corrected chi connectivity index (χ1v) is 16.4. The predicted octanol–water partition coefficient (Wildman–Crippen LogP) is 3.50. The van der Waals surface area contributed by atoms with Gasteiger partial charge in [0, 0.05) is 18.0 Å². The zero-order valence-electron chi connectivity index (χ0n) is 22.9. The minimum Gasteiger partial charge on any atom is -0.465 e. The molecule has 0 radical (unpaired) electrons. The lowest BCUT2D eigenvalue weighted by Crippen LogP contribution is -2.28. The fourth-order valence-corrected chi connectivity index (χ4v) is 8.28. The number of anilines is 1. The molecular formula is C27H33N3O7S3. The second-order valence-electron chi connectivity index (χ2n) is 9.84. The van der Waals surface area contributed by atoms with Gasteiger partial charge in [0.25, 0.3) is 5.91 Å². The molecule has 1 aromatic carbocycles. The van der Waals surface area contributed by atoms with E-state index in [0.29, 0.717) is 36.9 Å². The number of thiazole rings is 1. The number of nitrogens with one attached hydrogen (secondary N) is 1. The topological polar surface area (TPSA) is 133 Å². The number of carbonyl (C=O) groups is 3. The number of carbonyl (C=O) groups excluding carboxylic acids is 3. The number of ether oxygens (including phenoxy) is 2. The number of esters is 1. The van der Waals surface area contributed by atoms with Crippen molar-refractivity contribution >= 4 is 65.5 Å². The fraction of sp³-hybridized carbons (Fsp3) is 0.481. The molecule has 1 aliphatic carbocycles. The van der Waals surface area contributed by atoms with Crippen LogP contribution in [0.25, 0.3) is 10.2 Å². The molecule has 0 saturated carbocycles. The molecule has 40 heavy (non-hydrogen) atoms. The third-order valence-corrected chi connectivity index (χ3v) is 10.2. The first-order valence-electron chi connectivity index (χ1n) is 13.0. The van der Waals surface area contributed by atoms with Crippen molar-refractivity contribution in [3.8, 4) is 0 Å². The Morgan fingerprint density at radius 2 is 1.98 bits per heavy atom. The first kappa shape index (κ1) is 30.1. The maximum absolute atomic E-state index is 12.8. The Bertz CT molecular complexity index is 1620. The van der Waals surface area contributed by atoms with Crippen LogP contribution >= 0.6 is 22.7 Å². The number of aryl methyl sites for hydroxylation is 1. The summed E-state index contributed by atoms with van der Waals surface area (Å²) in [6, 6.07) is 5.87. The van der Waals surface area contributed by atoms with Crippen LogP contribution in [0.15, 0.2) is 23.2 Å². The van der Waals surface area contributed by atoms with Crippen LogP contribution in [-0.2, 0) is 48.3 Å². The molecule has 2 amide bonds. The standard InChI is InChI=1S/C27H33N3O7S3/c1-5-37-11-10-30-19-9-7-17(3)13-21(19)39-27(30)29-23(32)15-40(34,35)14-22(31)28-25-24(26(33)36-4)18-8-6-16(2)12-20(18)38-25/h7,9,13,16H,5-6,8,10-12,14-15H2,1-4H3,(H,28,31). The van der Waals surface area contributed by atoms with E-state index in [1.807, 2.05) is 36.6 Å². The van der Waals surface area contributed by atoms with E-state index in [-0.39, 0.29) is 10.6 Å². The van der Waals surface area contributed by atoms with Crippen molar-refractivity contribution in [3.63, 3.8) is 0 Å². The maximum atomic E-state index is 12.8. The highest BCUT2D eigenvalue weighted by atomic mass is 32.2. The summed E-state index contributed by atoms with van der Waals surface area (Å²) in [4.78, 5) is 43.5. The van der Waals surface area contributed by atoms with Gasteiger partial charge in [-0.05, 0) is 62.3 Å². The first-order chi connectivity index (χ1) is 19.0. The van der Waals surface area contributed by atoms with Gasteiger partial charge >= 0.3 is 5.97 Å². The van der Waals surface area contributed by atoms with Gasteiger partial charge in [-0.25, -0.2) is 13.2 Å². The number of fused-ring (bicyclic) bond motifs is 2. The van der Waals surface area contributed by atoms with Gasteiger partial charge in [0.15, 0.2) is 14.6 Å². The SMILES string of the molecule is CCOCCn1c(=NC(=O)CS(=O)(=O)CC(=O)Nc2sc3c(c2C(=O)OC)CCC(C)C3)sc2cc(C)ccc21. The lowest BCUT2D eigenvalue weighted by molar-refractivity contribution is -0.115. The Morgan fingerprint density at radius 1 is 1.20 bits per heavy atom. The van der Waals surface area contributed by atoms with E-state index < -0.39 is 39.1 Å². The van der Waals surface area contributed by atoms with Crippen molar-refractivity contribution in [2.24, 2.45) is 10.9 Å². The molecule has 10 nitrogen and oxygen atoms in total. The van der Waals surface area contributed by atoms with Crippen LogP contribution < -0.4 is 10.1 Å². The molecule has 1 aliphatic rings. The van der Waals surface area contributed by atoms with Gasteiger partial charge in [-0.2, -0.15) is 4.99 Å². The summed E-state index contributed by atoms with van der Waals surface area (Å²) in [5, 5.41) is 2.86. The number of rotatable bonds is 10. The molecule has 0 fully saturated rings. The summed E-state index contributed by atoms with van der Waals surface area (Å²) in [6.45, 7) is 7.37. The third kappa shape index (κ3) is 7.06. The lowest BCUT2D eigenvalue weighted by atomic mass is 9.88. The highest BCUT2D eigenvalue weighted by Crippen LogP contribution is 2.40. The maximum Gasteiger partial charge on any atom is 0.341 e. The summed E-state index contributed by atoms with van der Waals surface area (Å²) in [5.41, 5.74) is 3.05. The number of nitrogens with zero attached hydrogens (tertiary/aromatic N) is 2. The van der Waals surface area contributed by atoms with Crippen LogP contribution in [0.5, 0.6) is 0 Å². The monoisotopic (exact) mass is 607 g/mol. The molecule has 2 heterocycles. The summed E-state index contributed by atoms with van der Waals surface area (Å²) in [6.07, 6.45) is 2.37. The Hall–Kier alpha value is -2.87. The van der Waals surface area contributed by atoms with E-state index in [2.05, 4.69) is 17.2 Å².